The standard InChI is InChI=1S/C18H15BrN2O3S/c1-2-24-16(22)11-21-14-8-3-4-9-15(14)25-18(21)20-17(23)12-6-5-7-13(19)10-12/h3-10H,2,11H2,1H3. The molecule has 3 rings (SSSR count). The number of nitrogens with zero attached hydrogens (tertiary/aromatic N) is 2. The molecule has 0 unspecified atom stereocenters. The predicted molar refractivity (Wildman–Crippen MR) is 100 cm³/mol. The van der Waals surface area contributed by atoms with Gasteiger partial charge in [-0.15, -0.1) is 0 Å². The zero-order chi connectivity index (χ0) is 17.8. The number of benzene rings is 2. The third-order valence-corrected chi connectivity index (χ3v) is 5.00. The highest BCUT2D eigenvalue weighted by atomic mass is 79.9. The molecular weight excluding hydrogens is 404 g/mol. The van der Waals surface area contributed by atoms with Crippen LogP contribution in [0.15, 0.2) is 58.0 Å². The number of fused-ring (bicyclic) bond motifs is 1. The van der Waals surface area contributed by atoms with Gasteiger partial charge in [-0.05, 0) is 37.3 Å². The first kappa shape index (κ1) is 17.6. The summed E-state index contributed by atoms with van der Waals surface area (Å²) in [6.45, 7) is 2.09. The normalized spacial score (nSPS) is 11.7. The second-order valence-corrected chi connectivity index (χ2v) is 7.10. The molecule has 25 heavy (non-hydrogen) atoms. The summed E-state index contributed by atoms with van der Waals surface area (Å²) in [4.78, 5) is 29.1. The lowest BCUT2D eigenvalue weighted by Crippen LogP contribution is -2.23. The molecule has 1 heterocycles. The molecule has 1 aromatic heterocycles. The Morgan fingerprint density at radius 2 is 2.00 bits per heavy atom. The van der Waals surface area contributed by atoms with E-state index >= 15 is 0 Å². The van der Waals surface area contributed by atoms with Gasteiger partial charge in [-0.25, -0.2) is 0 Å². The van der Waals surface area contributed by atoms with E-state index in [2.05, 4.69) is 20.9 Å². The van der Waals surface area contributed by atoms with Crippen LogP contribution in [0.5, 0.6) is 0 Å². The Hall–Kier alpha value is -2.25. The molecule has 2 aromatic carbocycles. The van der Waals surface area contributed by atoms with E-state index in [1.54, 1.807) is 29.7 Å². The van der Waals surface area contributed by atoms with Crippen molar-refractivity contribution in [3.05, 3.63) is 63.4 Å². The maximum absolute atomic E-state index is 12.5. The van der Waals surface area contributed by atoms with Gasteiger partial charge in [-0.2, -0.15) is 4.99 Å². The summed E-state index contributed by atoms with van der Waals surface area (Å²) < 4.78 is 8.51. The molecule has 5 nitrogen and oxygen atoms in total. The fraction of sp³-hybridized carbons (Fsp3) is 0.167. The van der Waals surface area contributed by atoms with E-state index in [4.69, 9.17) is 4.74 Å². The molecule has 0 bridgehead atoms. The van der Waals surface area contributed by atoms with Crippen molar-refractivity contribution in [3.8, 4) is 0 Å². The molecule has 0 N–H and O–H groups in total. The van der Waals surface area contributed by atoms with Gasteiger partial charge < -0.3 is 9.30 Å². The van der Waals surface area contributed by atoms with Crippen LogP contribution in [0.1, 0.15) is 17.3 Å². The van der Waals surface area contributed by atoms with Crippen LogP contribution in [0.2, 0.25) is 0 Å². The second kappa shape index (κ2) is 7.76. The summed E-state index contributed by atoms with van der Waals surface area (Å²) in [5.74, 6) is -0.715. The first-order chi connectivity index (χ1) is 12.1. The Morgan fingerprint density at radius 1 is 1.20 bits per heavy atom. The van der Waals surface area contributed by atoms with E-state index in [0.29, 0.717) is 17.0 Å². The molecule has 0 aliphatic carbocycles. The van der Waals surface area contributed by atoms with Crippen LogP contribution in [-0.2, 0) is 16.1 Å². The molecule has 0 radical (unpaired) electrons. The van der Waals surface area contributed by atoms with Gasteiger partial charge in [0.15, 0.2) is 4.80 Å². The number of ether oxygens (including phenoxy) is 1. The lowest BCUT2D eigenvalue weighted by Gasteiger charge is -2.05. The smallest absolute Gasteiger partial charge is 0.326 e. The van der Waals surface area contributed by atoms with Crippen LogP contribution < -0.4 is 4.80 Å². The maximum atomic E-state index is 12.5. The molecule has 0 aliphatic heterocycles. The van der Waals surface area contributed by atoms with Gasteiger partial charge in [-0.1, -0.05) is 45.5 Å². The van der Waals surface area contributed by atoms with Gasteiger partial charge in [0.1, 0.15) is 6.54 Å². The molecule has 0 spiro atoms. The molecule has 7 heteroatoms. The quantitative estimate of drug-likeness (QED) is 0.605. The second-order valence-electron chi connectivity index (χ2n) is 5.17. The number of carbonyl (C=O) groups is 2. The Labute approximate surface area is 156 Å². The Kier molecular flexibility index (Phi) is 5.45. The van der Waals surface area contributed by atoms with Crippen LogP contribution in [0, 0.1) is 0 Å². The van der Waals surface area contributed by atoms with Crippen LogP contribution in [0.4, 0.5) is 0 Å². The van der Waals surface area contributed by atoms with Crippen LogP contribution >= 0.6 is 27.3 Å². The number of carbonyl (C=O) groups excluding carboxylic acids is 2. The number of hydrogen-bond acceptors (Lipinski definition) is 4. The van der Waals surface area contributed by atoms with Crippen molar-refractivity contribution in [2.75, 3.05) is 6.61 Å². The summed E-state index contributed by atoms with van der Waals surface area (Å²) in [6, 6.07) is 14.7. The minimum atomic E-state index is -0.359. The zero-order valence-corrected chi connectivity index (χ0v) is 15.8. The van der Waals surface area contributed by atoms with E-state index in [1.807, 2.05) is 30.3 Å². The molecular formula is C18H15BrN2O3S. The average Bonchev–Trinajstić information content (AvgIpc) is 2.92. The molecule has 1 amide bonds. The van der Waals surface area contributed by atoms with Gasteiger partial charge in [0.25, 0.3) is 5.91 Å². The summed E-state index contributed by atoms with van der Waals surface area (Å²) in [5.41, 5.74) is 1.33. The number of esters is 1. The topological polar surface area (TPSA) is 60.7 Å². The monoisotopic (exact) mass is 418 g/mol. The van der Waals surface area contributed by atoms with E-state index in [0.717, 1.165) is 14.7 Å². The molecule has 128 valence electrons. The van der Waals surface area contributed by atoms with E-state index in [-0.39, 0.29) is 18.4 Å². The van der Waals surface area contributed by atoms with Crippen LogP contribution in [0.3, 0.4) is 0 Å². The van der Waals surface area contributed by atoms with Gasteiger partial charge in [-0.3, -0.25) is 9.59 Å². The van der Waals surface area contributed by atoms with Crippen molar-refractivity contribution in [2.45, 2.75) is 13.5 Å². The largest absolute Gasteiger partial charge is 0.465 e. The SMILES string of the molecule is CCOC(=O)Cn1c(=NC(=O)c2cccc(Br)c2)sc2ccccc21. The van der Waals surface area contributed by atoms with Crippen molar-refractivity contribution in [1.82, 2.24) is 4.57 Å². The Morgan fingerprint density at radius 3 is 2.76 bits per heavy atom. The molecule has 0 aliphatic rings. The fourth-order valence-electron chi connectivity index (χ4n) is 2.37. The van der Waals surface area contributed by atoms with Gasteiger partial charge in [0.2, 0.25) is 0 Å². The third kappa shape index (κ3) is 4.05. The third-order valence-electron chi connectivity index (χ3n) is 3.45. The van der Waals surface area contributed by atoms with E-state index < -0.39 is 0 Å². The van der Waals surface area contributed by atoms with E-state index in [9.17, 15) is 9.59 Å². The number of amides is 1. The summed E-state index contributed by atoms with van der Waals surface area (Å²) in [6.07, 6.45) is 0. The fourth-order valence-corrected chi connectivity index (χ4v) is 3.79. The number of halogens is 1. The van der Waals surface area contributed by atoms with E-state index in [1.165, 1.54) is 11.3 Å². The number of aromatic nitrogens is 1. The van der Waals surface area contributed by atoms with Crippen molar-refractivity contribution >= 4 is 49.4 Å². The lowest BCUT2D eigenvalue weighted by molar-refractivity contribution is -0.143. The molecule has 0 saturated carbocycles. The van der Waals surface area contributed by atoms with Crippen LogP contribution in [0.25, 0.3) is 10.2 Å². The van der Waals surface area contributed by atoms with Crippen molar-refractivity contribution < 1.29 is 14.3 Å². The van der Waals surface area contributed by atoms with Gasteiger partial charge >= 0.3 is 5.97 Å². The van der Waals surface area contributed by atoms with Crippen LogP contribution in [-0.4, -0.2) is 23.1 Å². The summed E-state index contributed by atoms with van der Waals surface area (Å²) in [7, 11) is 0. The van der Waals surface area contributed by atoms with Crippen molar-refractivity contribution in [2.24, 2.45) is 4.99 Å². The zero-order valence-electron chi connectivity index (χ0n) is 13.4. The summed E-state index contributed by atoms with van der Waals surface area (Å²) in [5, 5.41) is 0. The molecule has 3 aromatic rings. The van der Waals surface area contributed by atoms with Crippen molar-refractivity contribution in [1.29, 1.82) is 0 Å². The number of para-hydroxylation sites is 1. The first-order valence-corrected chi connectivity index (χ1v) is 9.28. The van der Waals surface area contributed by atoms with Gasteiger partial charge in [0.05, 0.1) is 16.8 Å². The predicted octanol–water partition coefficient (Wildman–Crippen LogP) is 3.77. The molecule has 0 saturated heterocycles. The summed E-state index contributed by atoms with van der Waals surface area (Å²) >= 11 is 4.72. The Balaban J connectivity index is 2.08. The maximum Gasteiger partial charge on any atom is 0.326 e. The minimum absolute atomic E-state index is 0.0163. The highest BCUT2D eigenvalue weighted by Gasteiger charge is 2.12. The highest BCUT2D eigenvalue weighted by Crippen LogP contribution is 2.17. The first-order valence-electron chi connectivity index (χ1n) is 7.67. The molecule has 0 atom stereocenters. The number of thiazole rings is 1. The lowest BCUT2D eigenvalue weighted by atomic mass is 10.2. The highest BCUT2D eigenvalue weighted by molar-refractivity contribution is 9.10. The average molecular weight is 419 g/mol. The van der Waals surface area contributed by atoms with Gasteiger partial charge in [0, 0.05) is 10.0 Å². The number of rotatable bonds is 4. The van der Waals surface area contributed by atoms with Crippen molar-refractivity contribution in [3.63, 3.8) is 0 Å². The number of hydrogen-bond donors (Lipinski definition) is 0. The minimum Gasteiger partial charge on any atom is -0.465 e. The molecule has 0 fully saturated rings. The Bertz CT molecular complexity index is 1010.